The molecule has 0 N–H and O–H groups in total. The number of ketones is 1. The Morgan fingerprint density at radius 2 is 2.26 bits per heavy atom. The highest BCUT2D eigenvalue weighted by Crippen LogP contribution is 2.38. The van der Waals surface area contributed by atoms with Crippen molar-refractivity contribution in [3.05, 3.63) is 47.3 Å². The zero-order valence-electron chi connectivity index (χ0n) is 11.1. The van der Waals surface area contributed by atoms with Gasteiger partial charge in [-0.25, -0.2) is 0 Å². The molecule has 4 heteroatoms. The molecular formula is C15H16N2O2. The second-order valence-corrected chi connectivity index (χ2v) is 4.70. The van der Waals surface area contributed by atoms with Crippen molar-refractivity contribution in [3.63, 3.8) is 0 Å². The first-order chi connectivity index (χ1) is 9.26. The molecule has 0 saturated heterocycles. The van der Waals surface area contributed by atoms with E-state index in [1.165, 1.54) is 5.56 Å². The van der Waals surface area contributed by atoms with E-state index in [1.807, 2.05) is 25.1 Å². The van der Waals surface area contributed by atoms with E-state index in [4.69, 9.17) is 4.74 Å². The van der Waals surface area contributed by atoms with Crippen LogP contribution in [0, 0.1) is 0 Å². The number of carbonyl (C=O) groups is 1. The number of rotatable bonds is 4. The second-order valence-electron chi connectivity index (χ2n) is 4.70. The molecule has 0 aliphatic heterocycles. The number of hydrogen-bond acceptors (Lipinski definition) is 3. The second kappa shape index (κ2) is 4.53. The molecule has 0 saturated carbocycles. The van der Waals surface area contributed by atoms with Crippen LogP contribution >= 0.6 is 0 Å². The van der Waals surface area contributed by atoms with Crippen LogP contribution in [-0.4, -0.2) is 22.7 Å². The first-order valence-corrected chi connectivity index (χ1v) is 6.48. The fraction of sp³-hybridized carbons (Fsp3) is 0.333. The van der Waals surface area contributed by atoms with Gasteiger partial charge >= 0.3 is 0 Å². The summed E-state index contributed by atoms with van der Waals surface area (Å²) in [5, 5.41) is 4.19. The number of benzene rings is 1. The average molecular weight is 256 g/mol. The summed E-state index contributed by atoms with van der Waals surface area (Å²) in [5.41, 5.74) is 2.99. The summed E-state index contributed by atoms with van der Waals surface area (Å²) in [6.45, 7) is 2.64. The number of aryl methyl sites for hydroxylation is 1. The molecule has 1 atom stereocenters. The third kappa shape index (κ3) is 1.75. The molecule has 19 heavy (non-hydrogen) atoms. The van der Waals surface area contributed by atoms with Crippen LogP contribution in [0.4, 0.5) is 0 Å². The van der Waals surface area contributed by atoms with Crippen LogP contribution in [0.15, 0.2) is 30.5 Å². The first kappa shape index (κ1) is 12.0. The lowest BCUT2D eigenvalue weighted by Gasteiger charge is -2.28. The van der Waals surface area contributed by atoms with Gasteiger partial charge in [-0.1, -0.05) is 24.3 Å². The Morgan fingerprint density at radius 1 is 1.47 bits per heavy atom. The summed E-state index contributed by atoms with van der Waals surface area (Å²) in [7, 11) is 1.57. The van der Waals surface area contributed by atoms with Gasteiger partial charge in [0.15, 0.2) is 11.5 Å². The van der Waals surface area contributed by atoms with Gasteiger partial charge in [-0.3, -0.25) is 9.48 Å². The van der Waals surface area contributed by atoms with Crippen molar-refractivity contribution in [1.82, 2.24) is 9.78 Å². The van der Waals surface area contributed by atoms with Gasteiger partial charge in [0.25, 0.3) is 0 Å². The Hall–Kier alpha value is -2.10. The molecule has 0 radical (unpaired) electrons. The van der Waals surface area contributed by atoms with E-state index in [0.717, 1.165) is 12.0 Å². The van der Waals surface area contributed by atoms with Gasteiger partial charge in [0.05, 0.1) is 19.2 Å². The van der Waals surface area contributed by atoms with Crippen molar-refractivity contribution in [2.75, 3.05) is 7.11 Å². The Bertz CT molecular complexity index is 609. The third-order valence-corrected chi connectivity index (χ3v) is 3.73. The van der Waals surface area contributed by atoms with Crippen LogP contribution in [0.3, 0.4) is 0 Å². The van der Waals surface area contributed by atoms with Crippen LogP contribution in [0.2, 0.25) is 0 Å². The van der Waals surface area contributed by atoms with Gasteiger partial charge in [0.2, 0.25) is 0 Å². The number of aromatic nitrogens is 2. The van der Waals surface area contributed by atoms with E-state index in [1.54, 1.807) is 18.0 Å². The molecule has 1 heterocycles. The maximum absolute atomic E-state index is 12.7. The van der Waals surface area contributed by atoms with Crippen LogP contribution < -0.4 is 4.74 Å². The van der Waals surface area contributed by atoms with Crippen LogP contribution in [0.1, 0.15) is 34.5 Å². The first-order valence-electron chi connectivity index (χ1n) is 6.48. The number of ether oxygens (including phenoxy) is 1. The summed E-state index contributed by atoms with van der Waals surface area (Å²) >= 11 is 0. The number of fused-ring (bicyclic) bond motifs is 1. The topological polar surface area (TPSA) is 44.1 Å². The molecule has 0 amide bonds. The van der Waals surface area contributed by atoms with Crippen molar-refractivity contribution < 1.29 is 9.53 Å². The number of hydrogen-bond donors (Lipinski definition) is 0. The lowest BCUT2D eigenvalue weighted by molar-refractivity contribution is 0.0935. The monoisotopic (exact) mass is 256 g/mol. The lowest BCUT2D eigenvalue weighted by Crippen LogP contribution is -2.27. The Balaban J connectivity index is 1.96. The molecule has 1 unspecified atom stereocenters. The lowest BCUT2D eigenvalue weighted by atomic mass is 9.74. The number of Topliss-reactive ketones (excluding diaryl/α,β-unsaturated/α-hetero) is 1. The largest absolute Gasteiger partial charge is 0.493 e. The summed E-state index contributed by atoms with van der Waals surface area (Å²) in [4.78, 5) is 12.7. The Labute approximate surface area is 112 Å². The molecule has 1 aliphatic carbocycles. The Kier molecular flexibility index (Phi) is 2.85. The normalized spacial score (nSPS) is 16.6. The third-order valence-electron chi connectivity index (χ3n) is 3.73. The minimum absolute atomic E-state index is 0.0490. The highest BCUT2D eigenvalue weighted by Gasteiger charge is 2.35. The SMILES string of the molecule is CCn1ncc(OC)c1C(=O)C1Cc2ccccc21. The quantitative estimate of drug-likeness (QED) is 0.789. The van der Waals surface area contributed by atoms with Crippen LogP contribution in [-0.2, 0) is 13.0 Å². The molecule has 0 spiro atoms. The van der Waals surface area contributed by atoms with Crippen molar-refractivity contribution >= 4 is 5.78 Å². The summed E-state index contributed by atoms with van der Waals surface area (Å²) < 4.78 is 6.96. The van der Waals surface area contributed by atoms with Crippen molar-refractivity contribution in [2.24, 2.45) is 0 Å². The van der Waals surface area contributed by atoms with Gasteiger partial charge in [-0.05, 0) is 24.5 Å². The minimum Gasteiger partial charge on any atom is -0.493 e. The van der Waals surface area contributed by atoms with Crippen molar-refractivity contribution in [3.8, 4) is 5.75 Å². The van der Waals surface area contributed by atoms with Crippen LogP contribution in [0.25, 0.3) is 0 Å². The number of methoxy groups -OCH3 is 1. The maximum Gasteiger partial charge on any atom is 0.192 e. The summed E-state index contributed by atoms with van der Waals surface area (Å²) in [5.74, 6) is 0.623. The highest BCUT2D eigenvalue weighted by atomic mass is 16.5. The molecule has 98 valence electrons. The van der Waals surface area contributed by atoms with E-state index >= 15 is 0 Å². The van der Waals surface area contributed by atoms with E-state index in [0.29, 0.717) is 18.0 Å². The average Bonchev–Trinajstić information content (AvgIpc) is 2.82. The van der Waals surface area contributed by atoms with E-state index < -0.39 is 0 Å². The van der Waals surface area contributed by atoms with Gasteiger partial charge in [0.1, 0.15) is 5.69 Å². The highest BCUT2D eigenvalue weighted by molar-refractivity contribution is 6.03. The smallest absolute Gasteiger partial charge is 0.192 e. The van der Waals surface area contributed by atoms with Crippen molar-refractivity contribution in [2.45, 2.75) is 25.8 Å². The molecule has 4 nitrogen and oxygen atoms in total. The van der Waals surface area contributed by atoms with Crippen LogP contribution in [0.5, 0.6) is 5.75 Å². The number of nitrogens with zero attached hydrogens (tertiary/aromatic N) is 2. The molecule has 3 rings (SSSR count). The van der Waals surface area contributed by atoms with Gasteiger partial charge < -0.3 is 4.74 Å². The fourth-order valence-corrected chi connectivity index (χ4v) is 2.66. The van der Waals surface area contributed by atoms with Gasteiger partial charge in [-0.2, -0.15) is 5.10 Å². The standard InChI is InChI=1S/C15H16N2O2/c1-3-17-14(13(19-2)9-16-17)15(18)12-8-10-6-4-5-7-11(10)12/h4-7,9,12H,3,8H2,1-2H3. The van der Waals surface area contributed by atoms with Gasteiger partial charge in [-0.15, -0.1) is 0 Å². The molecule has 0 bridgehead atoms. The maximum atomic E-state index is 12.7. The molecule has 2 aromatic rings. The molecule has 1 aromatic carbocycles. The molecule has 1 aliphatic rings. The predicted molar refractivity (Wildman–Crippen MR) is 71.7 cm³/mol. The summed E-state index contributed by atoms with van der Waals surface area (Å²) in [6.07, 6.45) is 2.42. The van der Waals surface area contributed by atoms with E-state index in [-0.39, 0.29) is 11.7 Å². The number of carbonyl (C=O) groups excluding carboxylic acids is 1. The minimum atomic E-state index is -0.0490. The van der Waals surface area contributed by atoms with E-state index in [2.05, 4.69) is 11.2 Å². The van der Waals surface area contributed by atoms with Crippen molar-refractivity contribution in [1.29, 1.82) is 0 Å². The zero-order valence-corrected chi connectivity index (χ0v) is 11.1. The predicted octanol–water partition coefficient (Wildman–Crippen LogP) is 2.43. The molecular weight excluding hydrogens is 240 g/mol. The Morgan fingerprint density at radius 3 is 2.95 bits per heavy atom. The fourth-order valence-electron chi connectivity index (χ4n) is 2.66. The molecule has 1 aromatic heterocycles. The summed E-state index contributed by atoms with van der Waals surface area (Å²) in [6, 6.07) is 8.09. The molecule has 0 fully saturated rings. The zero-order chi connectivity index (χ0) is 13.4. The van der Waals surface area contributed by atoms with Gasteiger partial charge in [0, 0.05) is 6.54 Å². The van der Waals surface area contributed by atoms with E-state index in [9.17, 15) is 4.79 Å².